The standard InChI is InChI=1S/C15H22N2O/c1-11-6-8-13(9-7-11)17(3)15(18)14-12(2)5-4-10-16-14/h6-9,12,14,16H,4-5,10H2,1-3H3. The van der Waals surface area contributed by atoms with Crippen molar-refractivity contribution in [1.29, 1.82) is 0 Å². The van der Waals surface area contributed by atoms with Crippen LogP contribution >= 0.6 is 0 Å². The molecular weight excluding hydrogens is 224 g/mol. The molecule has 0 spiro atoms. The van der Waals surface area contributed by atoms with Crippen molar-refractivity contribution in [2.45, 2.75) is 32.7 Å². The van der Waals surface area contributed by atoms with Crippen molar-refractivity contribution >= 4 is 11.6 Å². The van der Waals surface area contributed by atoms with Crippen LogP contribution in [0.1, 0.15) is 25.3 Å². The van der Waals surface area contributed by atoms with Gasteiger partial charge >= 0.3 is 0 Å². The van der Waals surface area contributed by atoms with Gasteiger partial charge in [-0.15, -0.1) is 0 Å². The van der Waals surface area contributed by atoms with Gasteiger partial charge in [0, 0.05) is 12.7 Å². The van der Waals surface area contributed by atoms with Crippen molar-refractivity contribution in [3.05, 3.63) is 29.8 Å². The van der Waals surface area contributed by atoms with Crippen LogP contribution in [0.3, 0.4) is 0 Å². The summed E-state index contributed by atoms with van der Waals surface area (Å²) in [5, 5.41) is 3.34. The van der Waals surface area contributed by atoms with E-state index in [2.05, 4.69) is 19.2 Å². The third-order valence-corrected chi connectivity index (χ3v) is 3.79. The molecule has 0 aromatic heterocycles. The Balaban J connectivity index is 2.10. The second kappa shape index (κ2) is 5.53. The number of aryl methyl sites for hydroxylation is 1. The fourth-order valence-electron chi connectivity index (χ4n) is 2.48. The number of nitrogens with one attached hydrogen (secondary N) is 1. The zero-order valence-corrected chi connectivity index (χ0v) is 11.4. The van der Waals surface area contributed by atoms with Gasteiger partial charge in [-0.05, 0) is 44.4 Å². The van der Waals surface area contributed by atoms with E-state index >= 15 is 0 Å². The quantitative estimate of drug-likeness (QED) is 0.868. The van der Waals surface area contributed by atoms with Crippen LogP contribution in [0.15, 0.2) is 24.3 Å². The number of piperidine rings is 1. The van der Waals surface area contributed by atoms with Gasteiger partial charge in [0.15, 0.2) is 0 Å². The molecule has 1 aromatic rings. The van der Waals surface area contributed by atoms with Crippen LogP contribution in [-0.2, 0) is 4.79 Å². The van der Waals surface area contributed by atoms with E-state index in [0.29, 0.717) is 5.92 Å². The van der Waals surface area contributed by atoms with Crippen molar-refractivity contribution in [2.75, 3.05) is 18.5 Å². The van der Waals surface area contributed by atoms with Gasteiger partial charge < -0.3 is 10.2 Å². The zero-order chi connectivity index (χ0) is 13.1. The maximum Gasteiger partial charge on any atom is 0.244 e. The number of anilines is 1. The monoisotopic (exact) mass is 246 g/mol. The van der Waals surface area contributed by atoms with Crippen molar-refractivity contribution in [2.24, 2.45) is 5.92 Å². The molecule has 0 saturated carbocycles. The molecule has 2 rings (SSSR count). The minimum atomic E-state index is -0.0370. The summed E-state index contributed by atoms with van der Waals surface area (Å²) >= 11 is 0. The number of carbonyl (C=O) groups excluding carboxylic acids is 1. The third-order valence-electron chi connectivity index (χ3n) is 3.79. The van der Waals surface area contributed by atoms with E-state index in [1.807, 2.05) is 31.3 Å². The molecule has 1 aliphatic heterocycles. The topological polar surface area (TPSA) is 32.3 Å². The highest BCUT2D eigenvalue weighted by molar-refractivity contribution is 5.96. The number of carbonyl (C=O) groups is 1. The highest BCUT2D eigenvalue weighted by atomic mass is 16.2. The molecule has 3 nitrogen and oxygen atoms in total. The van der Waals surface area contributed by atoms with Crippen LogP contribution in [0.5, 0.6) is 0 Å². The van der Waals surface area contributed by atoms with Gasteiger partial charge in [0.1, 0.15) is 0 Å². The van der Waals surface area contributed by atoms with Crippen LogP contribution in [0, 0.1) is 12.8 Å². The van der Waals surface area contributed by atoms with Crippen molar-refractivity contribution in [3.8, 4) is 0 Å². The molecule has 1 amide bonds. The fourth-order valence-corrected chi connectivity index (χ4v) is 2.48. The van der Waals surface area contributed by atoms with Crippen molar-refractivity contribution < 1.29 is 4.79 Å². The molecule has 1 saturated heterocycles. The Hall–Kier alpha value is -1.35. The Labute approximate surface area is 109 Å². The molecule has 2 unspecified atom stereocenters. The molecule has 1 aromatic carbocycles. The van der Waals surface area contributed by atoms with Gasteiger partial charge in [0.05, 0.1) is 6.04 Å². The van der Waals surface area contributed by atoms with Crippen LogP contribution in [0.25, 0.3) is 0 Å². The second-order valence-electron chi connectivity index (χ2n) is 5.28. The molecule has 18 heavy (non-hydrogen) atoms. The average Bonchev–Trinajstić information content (AvgIpc) is 2.38. The van der Waals surface area contributed by atoms with E-state index in [0.717, 1.165) is 18.7 Å². The molecule has 98 valence electrons. The maximum atomic E-state index is 12.5. The van der Waals surface area contributed by atoms with Gasteiger partial charge in [-0.3, -0.25) is 4.79 Å². The maximum absolute atomic E-state index is 12.5. The first-order valence-corrected chi connectivity index (χ1v) is 6.67. The number of hydrogen-bond donors (Lipinski definition) is 1. The first-order valence-electron chi connectivity index (χ1n) is 6.67. The largest absolute Gasteiger partial charge is 0.314 e. The van der Waals surface area contributed by atoms with E-state index in [4.69, 9.17) is 0 Å². The third kappa shape index (κ3) is 2.72. The lowest BCUT2D eigenvalue weighted by Crippen LogP contribution is -2.51. The summed E-state index contributed by atoms with van der Waals surface area (Å²) in [4.78, 5) is 14.2. The molecule has 1 heterocycles. The first kappa shape index (κ1) is 13.1. The van der Waals surface area contributed by atoms with E-state index < -0.39 is 0 Å². The summed E-state index contributed by atoms with van der Waals surface area (Å²) < 4.78 is 0. The van der Waals surface area contributed by atoms with Gasteiger partial charge in [0.2, 0.25) is 5.91 Å². The minimum Gasteiger partial charge on any atom is -0.314 e. The van der Waals surface area contributed by atoms with Gasteiger partial charge in [-0.1, -0.05) is 24.6 Å². The summed E-state index contributed by atoms with van der Waals surface area (Å²) in [6.07, 6.45) is 2.30. The van der Waals surface area contributed by atoms with Gasteiger partial charge in [0.25, 0.3) is 0 Å². The fraction of sp³-hybridized carbons (Fsp3) is 0.533. The van der Waals surface area contributed by atoms with E-state index in [1.54, 1.807) is 4.90 Å². The molecule has 1 fully saturated rings. The summed E-state index contributed by atoms with van der Waals surface area (Å²) in [6, 6.07) is 8.04. The Morgan fingerprint density at radius 1 is 1.33 bits per heavy atom. The molecular formula is C15H22N2O. The molecule has 0 radical (unpaired) electrons. The molecule has 0 bridgehead atoms. The van der Waals surface area contributed by atoms with Crippen LogP contribution in [0.4, 0.5) is 5.69 Å². The first-order chi connectivity index (χ1) is 8.59. The van der Waals surface area contributed by atoms with E-state index in [9.17, 15) is 4.79 Å². The highest BCUT2D eigenvalue weighted by Crippen LogP contribution is 2.20. The van der Waals surface area contributed by atoms with Crippen LogP contribution in [-0.4, -0.2) is 25.5 Å². The Bertz CT molecular complexity index is 413. The SMILES string of the molecule is Cc1ccc(N(C)C(=O)C2NCCCC2C)cc1. The molecule has 3 heteroatoms. The van der Waals surface area contributed by atoms with Gasteiger partial charge in [-0.25, -0.2) is 0 Å². The van der Waals surface area contributed by atoms with Crippen LogP contribution in [0.2, 0.25) is 0 Å². The summed E-state index contributed by atoms with van der Waals surface area (Å²) in [5.74, 6) is 0.588. The normalized spacial score (nSPS) is 23.7. The summed E-state index contributed by atoms with van der Waals surface area (Å²) in [5.41, 5.74) is 2.17. The molecule has 1 aliphatic rings. The molecule has 0 aliphatic carbocycles. The summed E-state index contributed by atoms with van der Waals surface area (Å²) in [6.45, 7) is 5.15. The van der Waals surface area contributed by atoms with Gasteiger partial charge in [-0.2, -0.15) is 0 Å². The Morgan fingerprint density at radius 2 is 2.00 bits per heavy atom. The predicted octanol–water partition coefficient (Wildman–Crippen LogP) is 2.35. The zero-order valence-electron chi connectivity index (χ0n) is 11.4. The van der Waals surface area contributed by atoms with Crippen LogP contribution < -0.4 is 10.2 Å². The predicted molar refractivity (Wildman–Crippen MR) is 74.8 cm³/mol. The lowest BCUT2D eigenvalue weighted by atomic mass is 9.92. The van der Waals surface area contributed by atoms with E-state index in [1.165, 1.54) is 12.0 Å². The molecule has 2 atom stereocenters. The Morgan fingerprint density at radius 3 is 2.61 bits per heavy atom. The number of benzene rings is 1. The van der Waals surface area contributed by atoms with Crippen molar-refractivity contribution in [1.82, 2.24) is 5.32 Å². The van der Waals surface area contributed by atoms with E-state index in [-0.39, 0.29) is 11.9 Å². The lowest BCUT2D eigenvalue weighted by molar-refractivity contribution is -0.121. The molecule has 1 N–H and O–H groups in total. The van der Waals surface area contributed by atoms with Crippen molar-refractivity contribution in [3.63, 3.8) is 0 Å². The number of hydrogen-bond acceptors (Lipinski definition) is 2. The number of nitrogens with zero attached hydrogens (tertiary/aromatic N) is 1. The summed E-state index contributed by atoms with van der Waals surface area (Å²) in [7, 11) is 1.86. The second-order valence-corrected chi connectivity index (χ2v) is 5.28. The smallest absolute Gasteiger partial charge is 0.244 e. The minimum absolute atomic E-state index is 0.0370. The number of rotatable bonds is 2. The number of likely N-dealkylation sites (N-methyl/N-ethyl adjacent to an activating group) is 1. The average molecular weight is 246 g/mol. The highest BCUT2D eigenvalue weighted by Gasteiger charge is 2.29. The lowest BCUT2D eigenvalue weighted by Gasteiger charge is -2.32. The Kier molecular flexibility index (Phi) is 4.02. The number of amides is 1.